The minimum Gasteiger partial charge on any atom is -0.493 e. The highest BCUT2D eigenvalue weighted by Crippen LogP contribution is 2.33. The Morgan fingerprint density at radius 1 is 1.29 bits per heavy atom. The molecule has 0 spiro atoms. The summed E-state index contributed by atoms with van der Waals surface area (Å²) in [5.41, 5.74) is 0. The number of halogens is 4. The van der Waals surface area contributed by atoms with E-state index in [0.717, 1.165) is 6.07 Å². The third-order valence-corrected chi connectivity index (χ3v) is 2.35. The molecule has 1 N–H and O–H groups in total. The molecular weight excluding hydrogens is 305 g/mol. The molecule has 0 bridgehead atoms. The number of alkyl halides is 3. The number of hydrogen-bond donors (Lipinski definition) is 1. The lowest BCUT2D eigenvalue weighted by Crippen LogP contribution is -2.17. The van der Waals surface area contributed by atoms with Crippen LogP contribution >= 0.6 is 15.9 Å². The summed E-state index contributed by atoms with van der Waals surface area (Å²) in [5.74, 6) is -0.111. The fourth-order valence-electron chi connectivity index (χ4n) is 1.03. The van der Waals surface area contributed by atoms with Crippen LogP contribution in [0.3, 0.4) is 0 Å². The van der Waals surface area contributed by atoms with Crippen LogP contribution in [0.5, 0.6) is 11.5 Å². The number of aliphatic hydroxyl groups excluding tert-OH is 1. The summed E-state index contributed by atoms with van der Waals surface area (Å²) in [7, 11) is 0. The molecule has 1 aromatic rings. The molecule has 0 saturated heterocycles. The van der Waals surface area contributed by atoms with Crippen LogP contribution in [-0.2, 0) is 0 Å². The van der Waals surface area contributed by atoms with Crippen molar-refractivity contribution in [2.24, 2.45) is 0 Å². The highest BCUT2D eigenvalue weighted by atomic mass is 79.9. The summed E-state index contributed by atoms with van der Waals surface area (Å²) in [5, 5.41) is 8.53. The molecule has 0 aliphatic rings. The predicted octanol–water partition coefficient (Wildman–Crippen LogP) is 3.11. The van der Waals surface area contributed by atoms with Gasteiger partial charge in [0, 0.05) is 19.1 Å². The van der Waals surface area contributed by atoms with Crippen molar-refractivity contribution in [2.45, 2.75) is 12.8 Å². The summed E-state index contributed by atoms with van der Waals surface area (Å²) in [4.78, 5) is 0. The van der Waals surface area contributed by atoms with Crippen molar-refractivity contribution in [2.75, 3.05) is 13.2 Å². The molecule has 1 aromatic carbocycles. The number of hydrogen-bond acceptors (Lipinski definition) is 3. The maximum atomic E-state index is 12.0. The maximum Gasteiger partial charge on any atom is 0.573 e. The van der Waals surface area contributed by atoms with Crippen molar-refractivity contribution in [3.8, 4) is 11.5 Å². The Morgan fingerprint density at radius 3 is 2.59 bits per heavy atom. The fourth-order valence-corrected chi connectivity index (χ4v) is 1.36. The van der Waals surface area contributed by atoms with E-state index in [-0.39, 0.29) is 29.2 Å². The molecule has 17 heavy (non-hydrogen) atoms. The average Bonchev–Trinajstić information content (AvgIpc) is 2.21. The Morgan fingerprint density at radius 2 is 2.00 bits per heavy atom. The third kappa shape index (κ3) is 5.27. The molecule has 96 valence electrons. The zero-order valence-electron chi connectivity index (χ0n) is 8.63. The molecule has 3 nitrogen and oxygen atoms in total. The first-order valence-electron chi connectivity index (χ1n) is 4.71. The zero-order valence-corrected chi connectivity index (χ0v) is 10.2. The molecule has 7 heteroatoms. The summed E-state index contributed by atoms with van der Waals surface area (Å²) >= 11 is 2.94. The number of benzene rings is 1. The summed E-state index contributed by atoms with van der Waals surface area (Å²) in [6, 6.07) is 4.04. The van der Waals surface area contributed by atoms with Crippen LogP contribution in [0, 0.1) is 0 Å². The highest BCUT2D eigenvalue weighted by Gasteiger charge is 2.32. The molecule has 0 heterocycles. The molecule has 0 fully saturated rings. The minimum atomic E-state index is -4.74. The SMILES string of the molecule is OCCCOc1ccc(Br)c(OC(F)(F)F)c1. The monoisotopic (exact) mass is 314 g/mol. The van der Waals surface area contributed by atoms with Crippen molar-refractivity contribution in [3.63, 3.8) is 0 Å². The predicted molar refractivity (Wildman–Crippen MR) is 58.0 cm³/mol. The first kappa shape index (κ1) is 14.1. The normalized spacial score (nSPS) is 11.4. The van der Waals surface area contributed by atoms with Gasteiger partial charge in [-0.1, -0.05) is 0 Å². The van der Waals surface area contributed by atoms with E-state index in [2.05, 4.69) is 20.7 Å². The van der Waals surface area contributed by atoms with Crippen LogP contribution in [0.4, 0.5) is 13.2 Å². The van der Waals surface area contributed by atoms with E-state index in [9.17, 15) is 13.2 Å². The van der Waals surface area contributed by atoms with Gasteiger partial charge in [-0.25, -0.2) is 0 Å². The lowest BCUT2D eigenvalue weighted by Gasteiger charge is -2.12. The molecule has 0 radical (unpaired) electrons. The largest absolute Gasteiger partial charge is 0.573 e. The zero-order chi connectivity index (χ0) is 12.9. The van der Waals surface area contributed by atoms with Gasteiger partial charge in [-0.2, -0.15) is 0 Å². The van der Waals surface area contributed by atoms with Gasteiger partial charge in [-0.15, -0.1) is 13.2 Å². The van der Waals surface area contributed by atoms with Crippen LogP contribution in [0.25, 0.3) is 0 Å². The van der Waals surface area contributed by atoms with Crippen LogP contribution < -0.4 is 9.47 Å². The van der Waals surface area contributed by atoms with Gasteiger partial charge in [0.25, 0.3) is 0 Å². The van der Waals surface area contributed by atoms with Crippen molar-refractivity contribution >= 4 is 15.9 Å². The Balaban J connectivity index is 2.72. The average molecular weight is 315 g/mol. The molecule has 0 aromatic heterocycles. The summed E-state index contributed by atoms with van der Waals surface area (Å²) in [6.45, 7) is 0.187. The summed E-state index contributed by atoms with van der Waals surface area (Å²) < 4.78 is 45.2. The van der Waals surface area contributed by atoms with Gasteiger partial charge >= 0.3 is 6.36 Å². The molecule has 1 rings (SSSR count). The van der Waals surface area contributed by atoms with Crippen molar-refractivity contribution < 1.29 is 27.8 Å². The third-order valence-electron chi connectivity index (χ3n) is 1.70. The maximum absolute atomic E-state index is 12.0. The lowest BCUT2D eigenvalue weighted by atomic mass is 10.3. The van der Waals surface area contributed by atoms with Crippen molar-refractivity contribution in [3.05, 3.63) is 22.7 Å². The van der Waals surface area contributed by atoms with Gasteiger partial charge < -0.3 is 14.6 Å². The molecule has 0 saturated carbocycles. The second kappa shape index (κ2) is 6.11. The molecule has 0 atom stereocenters. The van der Waals surface area contributed by atoms with E-state index in [1.165, 1.54) is 12.1 Å². The van der Waals surface area contributed by atoms with Gasteiger partial charge in [-0.3, -0.25) is 0 Å². The van der Waals surface area contributed by atoms with E-state index in [0.29, 0.717) is 6.42 Å². The Hall–Kier alpha value is -0.950. The lowest BCUT2D eigenvalue weighted by molar-refractivity contribution is -0.274. The summed E-state index contributed by atoms with van der Waals surface area (Å²) in [6.07, 6.45) is -4.34. The second-order valence-corrected chi connectivity index (χ2v) is 3.92. The van der Waals surface area contributed by atoms with E-state index in [1.54, 1.807) is 0 Å². The first-order valence-corrected chi connectivity index (χ1v) is 5.50. The van der Waals surface area contributed by atoms with Crippen molar-refractivity contribution in [1.29, 1.82) is 0 Å². The molecule has 0 aliphatic carbocycles. The molecule has 0 aliphatic heterocycles. The van der Waals surface area contributed by atoms with Crippen LogP contribution in [0.1, 0.15) is 6.42 Å². The standard InChI is InChI=1S/C10H10BrF3O3/c11-8-3-2-7(16-5-1-4-15)6-9(8)17-10(12,13)14/h2-3,6,15H,1,4-5H2. The van der Waals surface area contributed by atoms with Crippen LogP contribution in [0.2, 0.25) is 0 Å². The first-order chi connectivity index (χ1) is 7.92. The smallest absolute Gasteiger partial charge is 0.493 e. The number of aliphatic hydroxyl groups is 1. The molecule has 0 unspecified atom stereocenters. The molecule has 0 amide bonds. The number of ether oxygens (including phenoxy) is 2. The van der Waals surface area contributed by atoms with Crippen LogP contribution in [-0.4, -0.2) is 24.7 Å². The van der Waals surface area contributed by atoms with Gasteiger partial charge in [0.2, 0.25) is 0 Å². The molecular formula is C10H10BrF3O3. The fraction of sp³-hybridized carbons (Fsp3) is 0.400. The highest BCUT2D eigenvalue weighted by molar-refractivity contribution is 9.10. The van der Waals surface area contributed by atoms with Gasteiger partial charge in [0.05, 0.1) is 11.1 Å². The van der Waals surface area contributed by atoms with E-state index >= 15 is 0 Å². The number of rotatable bonds is 5. The Bertz CT molecular complexity index is 368. The Labute approximate surface area is 104 Å². The van der Waals surface area contributed by atoms with Crippen LogP contribution in [0.15, 0.2) is 22.7 Å². The van der Waals surface area contributed by atoms with E-state index in [4.69, 9.17) is 9.84 Å². The Kier molecular flexibility index (Phi) is 5.07. The van der Waals surface area contributed by atoms with E-state index in [1.807, 2.05) is 0 Å². The van der Waals surface area contributed by atoms with E-state index < -0.39 is 6.36 Å². The topological polar surface area (TPSA) is 38.7 Å². The van der Waals surface area contributed by atoms with Gasteiger partial charge in [0.15, 0.2) is 0 Å². The van der Waals surface area contributed by atoms with Gasteiger partial charge in [0.1, 0.15) is 11.5 Å². The quantitative estimate of drug-likeness (QED) is 0.849. The van der Waals surface area contributed by atoms with Crippen molar-refractivity contribution in [1.82, 2.24) is 0 Å². The minimum absolute atomic E-state index is 0.0392. The second-order valence-electron chi connectivity index (χ2n) is 3.07. The van der Waals surface area contributed by atoms with Gasteiger partial charge in [-0.05, 0) is 28.1 Å².